The third-order valence-electron chi connectivity index (χ3n) is 2.22. The van der Waals surface area contributed by atoms with Crippen LogP contribution in [-0.2, 0) is 14.8 Å². The average Bonchev–Trinajstić information content (AvgIpc) is 2.41. The second kappa shape index (κ2) is 7.92. The van der Waals surface area contributed by atoms with Gasteiger partial charge in [0.2, 0.25) is 10.0 Å². The standard InChI is InChI=1S/C13H17NO4S/c1-2-18-11-9-14-19(16,17)13-8-4-3-6-12(13)7-5-10-15/h3-4,6,8,14-15H,2,9-11H2,1H3. The number of aliphatic hydroxyl groups is 1. The molecular formula is C13H17NO4S. The molecule has 0 unspecified atom stereocenters. The number of benzene rings is 1. The molecule has 2 N–H and O–H groups in total. The van der Waals surface area contributed by atoms with Crippen molar-refractivity contribution in [3.05, 3.63) is 29.8 Å². The Labute approximate surface area is 113 Å². The van der Waals surface area contributed by atoms with Gasteiger partial charge in [0.05, 0.1) is 11.5 Å². The van der Waals surface area contributed by atoms with Gasteiger partial charge in [-0.15, -0.1) is 0 Å². The number of hydrogen-bond donors (Lipinski definition) is 2. The van der Waals surface area contributed by atoms with Crippen LogP contribution >= 0.6 is 0 Å². The minimum Gasteiger partial charge on any atom is -0.384 e. The molecule has 0 aliphatic carbocycles. The highest BCUT2D eigenvalue weighted by Crippen LogP contribution is 2.13. The fraction of sp³-hybridized carbons (Fsp3) is 0.385. The van der Waals surface area contributed by atoms with E-state index in [1.165, 1.54) is 6.07 Å². The van der Waals surface area contributed by atoms with E-state index >= 15 is 0 Å². The molecule has 6 heteroatoms. The van der Waals surface area contributed by atoms with Crippen LogP contribution in [0, 0.1) is 11.8 Å². The van der Waals surface area contributed by atoms with Crippen LogP contribution in [0.1, 0.15) is 12.5 Å². The minimum atomic E-state index is -3.62. The first-order valence-electron chi connectivity index (χ1n) is 5.88. The monoisotopic (exact) mass is 283 g/mol. The molecule has 0 fully saturated rings. The quantitative estimate of drug-likeness (QED) is 0.583. The van der Waals surface area contributed by atoms with E-state index in [9.17, 15) is 8.42 Å². The van der Waals surface area contributed by atoms with Crippen LogP contribution in [0.25, 0.3) is 0 Å². The molecule has 0 aliphatic heterocycles. The van der Waals surface area contributed by atoms with Gasteiger partial charge in [-0.3, -0.25) is 0 Å². The smallest absolute Gasteiger partial charge is 0.241 e. The lowest BCUT2D eigenvalue weighted by molar-refractivity contribution is 0.153. The SMILES string of the molecule is CCOCCNS(=O)(=O)c1ccccc1C#CCO. The van der Waals surface area contributed by atoms with Crippen molar-refractivity contribution >= 4 is 10.0 Å². The summed E-state index contributed by atoms with van der Waals surface area (Å²) in [7, 11) is -3.62. The first-order valence-corrected chi connectivity index (χ1v) is 7.36. The number of sulfonamides is 1. The van der Waals surface area contributed by atoms with Crippen molar-refractivity contribution in [3.8, 4) is 11.8 Å². The van der Waals surface area contributed by atoms with E-state index in [1.807, 2.05) is 6.92 Å². The second-order valence-electron chi connectivity index (χ2n) is 3.55. The van der Waals surface area contributed by atoms with E-state index in [0.717, 1.165) is 0 Å². The maximum atomic E-state index is 12.1. The number of ether oxygens (including phenoxy) is 1. The van der Waals surface area contributed by atoms with Gasteiger partial charge < -0.3 is 9.84 Å². The van der Waals surface area contributed by atoms with Crippen molar-refractivity contribution in [1.82, 2.24) is 4.72 Å². The third kappa shape index (κ3) is 5.01. The van der Waals surface area contributed by atoms with Crippen molar-refractivity contribution < 1.29 is 18.3 Å². The van der Waals surface area contributed by atoms with Gasteiger partial charge >= 0.3 is 0 Å². The molecule has 0 heterocycles. The molecular weight excluding hydrogens is 266 g/mol. The maximum Gasteiger partial charge on any atom is 0.241 e. The number of aliphatic hydroxyl groups excluding tert-OH is 1. The fourth-order valence-electron chi connectivity index (χ4n) is 1.41. The summed E-state index contributed by atoms with van der Waals surface area (Å²) in [4.78, 5) is 0.104. The molecule has 0 spiro atoms. The normalized spacial score (nSPS) is 10.8. The van der Waals surface area contributed by atoms with Gasteiger partial charge in [0, 0.05) is 18.7 Å². The highest BCUT2D eigenvalue weighted by molar-refractivity contribution is 7.89. The van der Waals surface area contributed by atoms with E-state index in [1.54, 1.807) is 18.2 Å². The molecule has 0 radical (unpaired) electrons. The minimum absolute atomic E-state index is 0.104. The van der Waals surface area contributed by atoms with Crippen LogP contribution in [0.3, 0.4) is 0 Å². The molecule has 0 aliphatic rings. The molecule has 0 aromatic heterocycles. The van der Waals surface area contributed by atoms with Crippen molar-refractivity contribution in [2.45, 2.75) is 11.8 Å². The molecule has 19 heavy (non-hydrogen) atoms. The molecule has 1 aromatic carbocycles. The van der Waals surface area contributed by atoms with Crippen LogP contribution in [0.4, 0.5) is 0 Å². The molecule has 0 saturated carbocycles. The van der Waals surface area contributed by atoms with Gasteiger partial charge in [-0.05, 0) is 19.1 Å². The van der Waals surface area contributed by atoms with Crippen molar-refractivity contribution in [3.63, 3.8) is 0 Å². The fourth-order valence-corrected chi connectivity index (χ4v) is 2.58. The van der Waals surface area contributed by atoms with Gasteiger partial charge in [-0.2, -0.15) is 0 Å². The summed E-state index contributed by atoms with van der Waals surface area (Å²) in [5.74, 6) is 5.06. The summed E-state index contributed by atoms with van der Waals surface area (Å²) in [5.41, 5.74) is 0.362. The van der Waals surface area contributed by atoms with Crippen LogP contribution in [0.5, 0.6) is 0 Å². The Morgan fingerprint density at radius 2 is 2.11 bits per heavy atom. The van der Waals surface area contributed by atoms with E-state index in [-0.39, 0.29) is 18.0 Å². The largest absolute Gasteiger partial charge is 0.384 e. The molecule has 0 atom stereocenters. The Bertz CT molecular complexity index is 557. The molecule has 0 bridgehead atoms. The topological polar surface area (TPSA) is 75.6 Å². The second-order valence-corrected chi connectivity index (χ2v) is 5.29. The first kappa shape index (κ1) is 15.7. The summed E-state index contributed by atoms with van der Waals surface area (Å²) in [6.45, 7) is 2.60. The lowest BCUT2D eigenvalue weighted by atomic mass is 10.2. The molecule has 0 amide bonds. The lowest BCUT2D eigenvalue weighted by Crippen LogP contribution is -2.28. The van der Waals surface area contributed by atoms with Gasteiger partial charge in [0.1, 0.15) is 6.61 Å². The third-order valence-corrected chi connectivity index (χ3v) is 3.74. The van der Waals surface area contributed by atoms with Crippen molar-refractivity contribution in [2.24, 2.45) is 0 Å². The van der Waals surface area contributed by atoms with E-state index in [4.69, 9.17) is 9.84 Å². The van der Waals surface area contributed by atoms with Crippen LogP contribution in [-0.4, -0.2) is 39.9 Å². The Morgan fingerprint density at radius 3 is 2.79 bits per heavy atom. The van der Waals surface area contributed by atoms with Gasteiger partial charge in [0.15, 0.2) is 0 Å². The Hall–Kier alpha value is -1.39. The predicted octanol–water partition coefficient (Wildman–Crippen LogP) is 0.345. The molecule has 1 aromatic rings. The molecule has 104 valence electrons. The number of hydrogen-bond acceptors (Lipinski definition) is 4. The zero-order valence-corrected chi connectivity index (χ0v) is 11.5. The Kier molecular flexibility index (Phi) is 6.53. The van der Waals surface area contributed by atoms with E-state index in [2.05, 4.69) is 16.6 Å². The summed E-state index contributed by atoms with van der Waals surface area (Å²) in [6, 6.07) is 6.39. The van der Waals surface area contributed by atoms with Crippen LogP contribution < -0.4 is 4.72 Å². The molecule has 0 saturated heterocycles. The van der Waals surface area contributed by atoms with Crippen molar-refractivity contribution in [2.75, 3.05) is 26.4 Å². The summed E-state index contributed by atoms with van der Waals surface area (Å²) in [6.07, 6.45) is 0. The lowest BCUT2D eigenvalue weighted by Gasteiger charge is -2.08. The van der Waals surface area contributed by atoms with Crippen LogP contribution in [0.15, 0.2) is 29.2 Å². The number of nitrogens with one attached hydrogen (secondary N) is 1. The number of rotatable bonds is 6. The maximum absolute atomic E-state index is 12.1. The molecule has 5 nitrogen and oxygen atoms in total. The highest BCUT2D eigenvalue weighted by Gasteiger charge is 2.16. The van der Waals surface area contributed by atoms with Crippen LogP contribution in [0.2, 0.25) is 0 Å². The summed E-state index contributed by atoms with van der Waals surface area (Å²) >= 11 is 0. The van der Waals surface area contributed by atoms with Crippen molar-refractivity contribution in [1.29, 1.82) is 0 Å². The Balaban J connectivity index is 2.88. The summed E-state index contributed by atoms with van der Waals surface area (Å²) < 4.78 is 31.7. The first-order chi connectivity index (χ1) is 9.11. The Morgan fingerprint density at radius 1 is 1.37 bits per heavy atom. The van der Waals surface area contributed by atoms with Gasteiger partial charge in [-0.25, -0.2) is 13.1 Å². The average molecular weight is 283 g/mol. The highest BCUT2D eigenvalue weighted by atomic mass is 32.2. The zero-order valence-electron chi connectivity index (χ0n) is 10.7. The predicted molar refractivity (Wildman–Crippen MR) is 72.1 cm³/mol. The van der Waals surface area contributed by atoms with Gasteiger partial charge in [0.25, 0.3) is 0 Å². The molecule has 1 rings (SSSR count). The zero-order chi connectivity index (χ0) is 14.1. The van der Waals surface area contributed by atoms with Gasteiger partial charge in [-0.1, -0.05) is 24.0 Å². The van der Waals surface area contributed by atoms with E-state index in [0.29, 0.717) is 18.8 Å². The summed E-state index contributed by atoms with van der Waals surface area (Å²) in [5, 5.41) is 8.67. The van der Waals surface area contributed by atoms with E-state index < -0.39 is 10.0 Å².